The summed E-state index contributed by atoms with van der Waals surface area (Å²) in [5.74, 6) is 0. The highest BCUT2D eigenvalue weighted by Gasteiger charge is 2.20. The van der Waals surface area contributed by atoms with E-state index in [4.69, 9.17) is 17.0 Å². The first kappa shape index (κ1) is 17.4. The summed E-state index contributed by atoms with van der Waals surface area (Å²) in [6.45, 7) is 0.563. The Morgan fingerprint density at radius 3 is 2.80 bits per heavy atom. The van der Waals surface area contributed by atoms with Gasteiger partial charge in [-0.25, -0.2) is 13.8 Å². The van der Waals surface area contributed by atoms with Crippen LogP contribution in [-0.4, -0.2) is 38.0 Å². The van der Waals surface area contributed by atoms with E-state index in [1.54, 1.807) is 17.9 Å². The van der Waals surface area contributed by atoms with E-state index in [1.165, 1.54) is 23.9 Å². The van der Waals surface area contributed by atoms with Crippen molar-refractivity contribution < 1.29 is 13.5 Å². The number of aromatic nitrogens is 5. The third kappa shape index (κ3) is 3.22. The summed E-state index contributed by atoms with van der Waals surface area (Å²) in [4.78, 5) is 19.1. The molecule has 0 saturated heterocycles. The van der Waals surface area contributed by atoms with E-state index in [-0.39, 0.29) is 29.0 Å². The van der Waals surface area contributed by atoms with Gasteiger partial charge in [0.05, 0.1) is 30.4 Å². The average Bonchev–Trinajstić information content (AvgIpc) is 3.00. The molecule has 132 valence electrons. The highest BCUT2D eigenvalue weighted by atomic mass is 32.1. The van der Waals surface area contributed by atoms with Gasteiger partial charge in [0.25, 0.3) is 12.0 Å². The quantitative estimate of drug-likeness (QED) is 0.701. The van der Waals surface area contributed by atoms with Crippen molar-refractivity contribution in [3.8, 4) is 11.3 Å². The molecule has 0 bridgehead atoms. The molecule has 0 saturated carbocycles. The normalized spacial score (nSPS) is 11.6. The lowest BCUT2D eigenvalue weighted by Crippen LogP contribution is -2.19. The first-order valence-corrected chi connectivity index (χ1v) is 7.77. The molecular weight excluding hydrogens is 352 g/mol. The van der Waals surface area contributed by atoms with Crippen molar-refractivity contribution in [3.63, 3.8) is 0 Å². The number of aryl methyl sites for hydroxylation is 1. The number of pyridine rings is 1. The van der Waals surface area contributed by atoms with Crippen molar-refractivity contribution in [2.45, 2.75) is 13.0 Å². The Labute approximate surface area is 145 Å². The number of nitrogens with one attached hydrogen (secondary N) is 1. The molecule has 3 aromatic heterocycles. The number of nitrogens with zero attached hydrogens (tertiary/aromatic N) is 4. The van der Waals surface area contributed by atoms with Crippen LogP contribution in [0.1, 0.15) is 12.0 Å². The molecule has 25 heavy (non-hydrogen) atoms. The van der Waals surface area contributed by atoms with Crippen LogP contribution in [0.15, 0.2) is 23.3 Å². The van der Waals surface area contributed by atoms with Crippen LogP contribution in [0.2, 0.25) is 0 Å². The fourth-order valence-electron chi connectivity index (χ4n) is 2.57. The van der Waals surface area contributed by atoms with Crippen molar-refractivity contribution in [2.75, 3.05) is 13.7 Å². The summed E-state index contributed by atoms with van der Waals surface area (Å²) in [6, 6.07) is 1.21. The van der Waals surface area contributed by atoms with E-state index in [1.807, 2.05) is 0 Å². The summed E-state index contributed by atoms with van der Waals surface area (Å²) in [7, 11) is 3.22. The van der Waals surface area contributed by atoms with Crippen LogP contribution in [0, 0.1) is 4.77 Å². The lowest BCUT2D eigenvalue weighted by atomic mass is 10.1. The lowest BCUT2D eigenvalue weighted by Gasteiger charge is -2.13. The van der Waals surface area contributed by atoms with E-state index in [0.29, 0.717) is 11.3 Å². The van der Waals surface area contributed by atoms with Gasteiger partial charge >= 0.3 is 0 Å². The van der Waals surface area contributed by atoms with Gasteiger partial charge in [-0.2, -0.15) is 5.10 Å². The second kappa shape index (κ2) is 6.81. The molecule has 0 amide bonds. The number of rotatable bonds is 5. The maximum absolute atomic E-state index is 13.6. The maximum atomic E-state index is 13.6. The largest absolute Gasteiger partial charge is 0.383 e. The number of aromatic amines is 1. The first-order valence-electron chi connectivity index (χ1n) is 7.36. The molecule has 1 N–H and O–H groups in total. The van der Waals surface area contributed by atoms with E-state index >= 15 is 0 Å². The number of ether oxygens (including phenoxy) is 1. The van der Waals surface area contributed by atoms with Crippen LogP contribution in [0.3, 0.4) is 0 Å². The molecule has 0 unspecified atom stereocenters. The summed E-state index contributed by atoms with van der Waals surface area (Å²) >= 11 is 5.16. The van der Waals surface area contributed by atoms with Gasteiger partial charge < -0.3 is 9.30 Å². The Bertz CT molecular complexity index is 1040. The average molecular weight is 367 g/mol. The third-order valence-electron chi connectivity index (χ3n) is 3.73. The standard InChI is InChI=1S/C15H15F2N5O2S/c1-21-7-8(6-18-21)10-5-9(12(16)17)11-13(19-10)22(3-4-24-2)15(25)20-14(11)23/h5-7,12H,3-4H2,1-2H3,(H,20,23,25). The number of hydrogen-bond acceptors (Lipinski definition) is 5. The smallest absolute Gasteiger partial charge is 0.264 e. The number of H-pyrrole nitrogens is 1. The van der Waals surface area contributed by atoms with Gasteiger partial charge in [0.15, 0.2) is 4.77 Å². The molecule has 7 nitrogen and oxygen atoms in total. The Morgan fingerprint density at radius 2 is 2.20 bits per heavy atom. The topological polar surface area (TPSA) is 77.7 Å². The van der Waals surface area contributed by atoms with Crippen LogP contribution in [0.5, 0.6) is 0 Å². The Balaban J connectivity index is 2.39. The molecule has 3 heterocycles. The van der Waals surface area contributed by atoms with Gasteiger partial charge in [0.2, 0.25) is 0 Å². The summed E-state index contributed by atoms with van der Waals surface area (Å²) in [6.07, 6.45) is 0.337. The fourth-order valence-corrected chi connectivity index (χ4v) is 2.84. The minimum Gasteiger partial charge on any atom is -0.383 e. The molecule has 0 aromatic carbocycles. The zero-order chi connectivity index (χ0) is 18.1. The van der Waals surface area contributed by atoms with E-state index in [2.05, 4.69) is 15.1 Å². The van der Waals surface area contributed by atoms with Gasteiger partial charge in [0.1, 0.15) is 5.65 Å². The van der Waals surface area contributed by atoms with Crippen LogP contribution in [0.25, 0.3) is 22.3 Å². The van der Waals surface area contributed by atoms with Crippen molar-refractivity contribution in [3.05, 3.63) is 39.1 Å². The molecule has 3 aromatic rings. The molecule has 0 fully saturated rings. The van der Waals surface area contributed by atoms with E-state index in [9.17, 15) is 13.6 Å². The molecule has 0 aliphatic carbocycles. The minimum atomic E-state index is -2.84. The number of methoxy groups -OCH3 is 1. The molecular formula is C15H15F2N5O2S. The van der Waals surface area contributed by atoms with Gasteiger partial charge in [-0.1, -0.05) is 0 Å². The molecule has 10 heteroatoms. The van der Waals surface area contributed by atoms with Crippen molar-refractivity contribution in [1.82, 2.24) is 24.3 Å². The first-order chi connectivity index (χ1) is 11.9. The lowest BCUT2D eigenvalue weighted by molar-refractivity contribution is 0.153. The van der Waals surface area contributed by atoms with Crippen LogP contribution >= 0.6 is 12.2 Å². The van der Waals surface area contributed by atoms with Crippen molar-refractivity contribution >= 4 is 23.3 Å². The van der Waals surface area contributed by atoms with Crippen LogP contribution in [-0.2, 0) is 18.3 Å². The highest BCUT2D eigenvalue weighted by molar-refractivity contribution is 7.71. The second-order valence-corrected chi connectivity index (χ2v) is 5.79. The van der Waals surface area contributed by atoms with Crippen molar-refractivity contribution in [2.24, 2.45) is 7.05 Å². The number of hydrogen-bond donors (Lipinski definition) is 1. The van der Waals surface area contributed by atoms with Crippen LogP contribution < -0.4 is 5.56 Å². The van der Waals surface area contributed by atoms with E-state index in [0.717, 1.165) is 0 Å². The van der Waals surface area contributed by atoms with Crippen LogP contribution in [0.4, 0.5) is 8.78 Å². The number of fused-ring (bicyclic) bond motifs is 1. The molecule has 0 radical (unpaired) electrons. The van der Waals surface area contributed by atoms with Gasteiger partial charge in [-0.05, 0) is 18.3 Å². The molecule has 3 rings (SSSR count). The highest BCUT2D eigenvalue weighted by Crippen LogP contribution is 2.29. The predicted molar refractivity (Wildman–Crippen MR) is 90.2 cm³/mol. The summed E-state index contributed by atoms with van der Waals surface area (Å²) in [5.41, 5.74) is -0.124. The zero-order valence-electron chi connectivity index (χ0n) is 13.5. The molecule has 0 atom stereocenters. The molecule has 0 aliphatic rings. The maximum Gasteiger partial charge on any atom is 0.264 e. The number of halogens is 2. The Morgan fingerprint density at radius 1 is 1.44 bits per heavy atom. The van der Waals surface area contributed by atoms with Gasteiger partial charge in [-0.15, -0.1) is 0 Å². The minimum absolute atomic E-state index is 0.0995. The van der Waals surface area contributed by atoms with Gasteiger partial charge in [-0.3, -0.25) is 14.5 Å². The van der Waals surface area contributed by atoms with E-state index < -0.39 is 17.5 Å². The third-order valence-corrected chi connectivity index (χ3v) is 4.06. The van der Waals surface area contributed by atoms with Crippen molar-refractivity contribution in [1.29, 1.82) is 0 Å². The zero-order valence-corrected chi connectivity index (χ0v) is 14.3. The monoisotopic (exact) mass is 367 g/mol. The second-order valence-electron chi connectivity index (χ2n) is 5.40. The Hall–Kier alpha value is -2.46. The predicted octanol–water partition coefficient (Wildman–Crippen LogP) is 2.44. The summed E-state index contributed by atoms with van der Waals surface area (Å²) < 4.78 is 35.4. The fraction of sp³-hybridized carbons (Fsp3) is 0.333. The molecule has 0 aliphatic heterocycles. The molecule has 0 spiro atoms. The number of alkyl halides is 2. The van der Waals surface area contributed by atoms with Gasteiger partial charge in [0, 0.05) is 31.5 Å². The summed E-state index contributed by atoms with van der Waals surface area (Å²) in [5, 5.41) is 3.85. The Kier molecular flexibility index (Phi) is 4.73. The SMILES string of the molecule is COCCn1c(=S)[nH]c(=O)c2c(C(F)F)cc(-c3cnn(C)c3)nc21.